The number of benzene rings is 2. The molecule has 0 amide bonds. The molecule has 0 spiro atoms. The maximum absolute atomic E-state index is 14.3. The van der Waals surface area contributed by atoms with E-state index in [1.54, 1.807) is 6.07 Å². The minimum atomic E-state index is -0.642. The number of hydrogen-bond acceptors (Lipinski definition) is 2. The lowest BCUT2D eigenvalue weighted by Gasteiger charge is -2.29. The molecule has 0 N–H and O–H groups in total. The molecule has 1 aliphatic carbocycles. The molecule has 0 aliphatic heterocycles. The molecule has 2 aromatic rings. The van der Waals surface area contributed by atoms with Crippen molar-refractivity contribution in [3.05, 3.63) is 47.8 Å². The molecule has 104 valence electrons. The van der Waals surface area contributed by atoms with E-state index < -0.39 is 5.60 Å². The Kier molecular flexibility index (Phi) is 3.20. The SMILES string of the molecule is CC(=O)OC1(c2cc(F)c3ccccc3c2)CCCC1. The van der Waals surface area contributed by atoms with Crippen molar-refractivity contribution in [1.29, 1.82) is 0 Å². The van der Waals surface area contributed by atoms with E-state index in [4.69, 9.17) is 4.74 Å². The second-order valence-corrected chi connectivity index (χ2v) is 5.47. The third kappa shape index (κ3) is 2.17. The van der Waals surface area contributed by atoms with E-state index in [-0.39, 0.29) is 11.8 Å². The third-order valence-corrected chi connectivity index (χ3v) is 4.09. The van der Waals surface area contributed by atoms with Crippen LogP contribution in [0.1, 0.15) is 38.2 Å². The summed E-state index contributed by atoms with van der Waals surface area (Å²) < 4.78 is 19.9. The van der Waals surface area contributed by atoms with Crippen molar-refractivity contribution in [2.45, 2.75) is 38.2 Å². The first-order valence-electron chi connectivity index (χ1n) is 6.99. The number of esters is 1. The number of fused-ring (bicyclic) bond motifs is 1. The van der Waals surface area contributed by atoms with Crippen LogP contribution in [0.25, 0.3) is 10.8 Å². The van der Waals surface area contributed by atoms with Crippen LogP contribution in [-0.2, 0) is 15.1 Å². The van der Waals surface area contributed by atoms with Gasteiger partial charge in [-0.2, -0.15) is 0 Å². The first-order chi connectivity index (χ1) is 9.61. The molecule has 0 aromatic heterocycles. The van der Waals surface area contributed by atoms with Crippen LogP contribution in [0.3, 0.4) is 0 Å². The van der Waals surface area contributed by atoms with Gasteiger partial charge in [0.1, 0.15) is 11.4 Å². The van der Waals surface area contributed by atoms with Crippen molar-refractivity contribution in [1.82, 2.24) is 0 Å². The summed E-state index contributed by atoms with van der Waals surface area (Å²) in [6.45, 7) is 1.41. The van der Waals surface area contributed by atoms with Crippen molar-refractivity contribution < 1.29 is 13.9 Å². The van der Waals surface area contributed by atoms with Crippen LogP contribution in [0, 0.1) is 5.82 Å². The number of halogens is 1. The van der Waals surface area contributed by atoms with E-state index >= 15 is 0 Å². The van der Waals surface area contributed by atoms with E-state index in [0.717, 1.165) is 36.6 Å². The largest absolute Gasteiger partial charge is 0.454 e. The van der Waals surface area contributed by atoms with Gasteiger partial charge >= 0.3 is 5.97 Å². The van der Waals surface area contributed by atoms with Crippen LogP contribution in [0.2, 0.25) is 0 Å². The third-order valence-electron chi connectivity index (χ3n) is 4.09. The molecular weight excluding hydrogens is 255 g/mol. The molecule has 0 bridgehead atoms. The molecule has 0 unspecified atom stereocenters. The van der Waals surface area contributed by atoms with Gasteiger partial charge in [0, 0.05) is 12.3 Å². The van der Waals surface area contributed by atoms with Gasteiger partial charge in [0.2, 0.25) is 0 Å². The fourth-order valence-corrected chi connectivity index (χ4v) is 3.20. The highest BCUT2D eigenvalue weighted by Gasteiger charge is 2.39. The van der Waals surface area contributed by atoms with Crippen LogP contribution in [-0.4, -0.2) is 5.97 Å². The Balaban J connectivity index is 2.14. The fourth-order valence-electron chi connectivity index (χ4n) is 3.20. The van der Waals surface area contributed by atoms with Gasteiger partial charge < -0.3 is 4.74 Å². The highest BCUT2D eigenvalue weighted by molar-refractivity contribution is 5.84. The molecule has 0 radical (unpaired) electrons. The second-order valence-electron chi connectivity index (χ2n) is 5.47. The molecular formula is C17H17FO2. The molecule has 1 saturated carbocycles. The van der Waals surface area contributed by atoms with Crippen LogP contribution < -0.4 is 0 Å². The maximum Gasteiger partial charge on any atom is 0.303 e. The number of carbonyl (C=O) groups excluding carboxylic acids is 1. The fraction of sp³-hybridized carbons (Fsp3) is 0.353. The zero-order valence-corrected chi connectivity index (χ0v) is 11.5. The van der Waals surface area contributed by atoms with E-state index in [2.05, 4.69) is 0 Å². The molecule has 1 aliphatic rings. The van der Waals surface area contributed by atoms with Crippen molar-refractivity contribution in [3.8, 4) is 0 Å². The van der Waals surface area contributed by atoms with Crippen molar-refractivity contribution in [2.75, 3.05) is 0 Å². The maximum atomic E-state index is 14.3. The highest BCUT2D eigenvalue weighted by atomic mass is 19.1. The van der Waals surface area contributed by atoms with Crippen molar-refractivity contribution in [3.63, 3.8) is 0 Å². The number of ether oxygens (including phenoxy) is 1. The zero-order chi connectivity index (χ0) is 14.2. The summed E-state index contributed by atoms with van der Waals surface area (Å²) in [5, 5.41) is 1.45. The molecule has 0 atom stereocenters. The highest BCUT2D eigenvalue weighted by Crippen LogP contribution is 2.43. The molecule has 20 heavy (non-hydrogen) atoms. The van der Waals surface area contributed by atoms with Crippen LogP contribution in [0.4, 0.5) is 4.39 Å². The van der Waals surface area contributed by atoms with Gasteiger partial charge in [-0.15, -0.1) is 0 Å². The van der Waals surface area contributed by atoms with Gasteiger partial charge in [0.15, 0.2) is 0 Å². The van der Waals surface area contributed by atoms with E-state index in [0.29, 0.717) is 5.39 Å². The lowest BCUT2D eigenvalue weighted by Crippen LogP contribution is -2.28. The average Bonchev–Trinajstić information content (AvgIpc) is 2.87. The first-order valence-corrected chi connectivity index (χ1v) is 6.99. The van der Waals surface area contributed by atoms with E-state index in [1.807, 2.05) is 24.3 Å². The molecule has 2 aromatic carbocycles. The Morgan fingerprint density at radius 2 is 1.90 bits per heavy atom. The summed E-state index contributed by atoms with van der Waals surface area (Å²) >= 11 is 0. The van der Waals surface area contributed by atoms with Gasteiger partial charge in [0.25, 0.3) is 0 Å². The Morgan fingerprint density at radius 1 is 1.20 bits per heavy atom. The Bertz CT molecular complexity index is 657. The van der Waals surface area contributed by atoms with Crippen molar-refractivity contribution in [2.24, 2.45) is 0 Å². The molecule has 3 heteroatoms. The Morgan fingerprint density at radius 3 is 2.60 bits per heavy atom. The van der Waals surface area contributed by atoms with Crippen LogP contribution >= 0.6 is 0 Å². The normalized spacial score (nSPS) is 17.3. The minimum Gasteiger partial charge on any atom is -0.454 e. The second kappa shape index (κ2) is 4.89. The topological polar surface area (TPSA) is 26.3 Å². The summed E-state index contributed by atoms with van der Waals surface area (Å²) in [5.41, 5.74) is 0.137. The van der Waals surface area contributed by atoms with Crippen molar-refractivity contribution >= 4 is 16.7 Å². The van der Waals surface area contributed by atoms with Crippen LogP contribution in [0.15, 0.2) is 36.4 Å². The summed E-state index contributed by atoms with van der Waals surface area (Å²) in [4.78, 5) is 11.4. The average molecular weight is 272 g/mol. The molecule has 0 saturated heterocycles. The Labute approximate surface area is 117 Å². The quantitative estimate of drug-likeness (QED) is 0.761. The smallest absolute Gasteiger partial charge is 0.303 e. The summed E-state index contributed by atoms with van der Waals surface area (Å²) in [6.07, 6.45) is 3.54. The van der Waals surface area contributed by atoms with Gasteiger partial charge in [-0.25, -0.2) is 4.39 Å². The lowest BCUT2D eigenvalue weighted by molar-refractivity contribution is -0.157. The zero-order valence-electron chi connectivity index (χ0n) is 11.5. The molecule has 0 heterocycles. The predicted molar refractivity (Wildman–Crippen MR) is 75.8 cm³/mol. The molecule has 3 rings (SSSR count). The molecule has 2 nitrogen and oxygen atoms in total. The van der Waals surface area contributed by atoms with E-state index in [1.165, 1.54) is 13.0 Å². The summed E-state index contributed by atoms with van der Waals surface area (Å²) in [5.74, 6) is -0.558. The number of hydrogen-bond donors (Lipinski definition) is 0. The lowest BCUT2D eigenvalue weighted by atomic mass is 9.90. The Hall–Kier alpha value is -1.90. The minimum absolute atomic E-state index is 0.253. The monoisotopic (exact) mass is 272 g/mol. The van der Waals surface area contributed by atoms with Gasteiger partial charge in [-0.1, -0.05) is 24.3 Å². The first kappa shape index (κ1) is 13.1. The van der Waals surface area contributed by atoms with Gasteiger partial charge in [-0.05, 0) is 48.8 Å². The van der Waals surface area contributed by atoms with Gasteiger partial charge in [-0.3, -0.25) is 4.79 Å². The van der Waals surface area contributed by atoms with Crippen LogP contribution in [0.5, 0.6) is 0 Å². The number of rotatable bonds is 2. The standard InChI is InChI=1S/C17H17FO2/c1-12(19)20-17(8-4-5-9-17)14-10-13-6-2-3-7-15(13)16(18)11-14/h2-3,6-7,10-11H,4-5,8-9H2,1H3. The van der Waals surface area contributed by atoms with Gasteiger partial charge in [0.05, 0.1) is 0 Å². The summed E-state index contributed by atoms with van der Waals surface area (Å²) in [6, 6.07) is 10.8. The number of carbonyl (C=O) groups is 1. The molecule has 1 fully saturated rings. The van der Waals surface area contributed by atoms with E-state index in [9.17, 15) is 9.18 Å². The predicted octanol–water partition coefficient (Wildman–Crippen LogP) is 4.31. The summed E-state index contributed by atoms with van der Waals surface area (Å²) in [7, 11) is 0.